The van der Waals surface area contributed by atoms with Crippen molar-refractivity contribution in [1.82, 2.24) is 5.32 Å². The summed E-state index contributed by atoms with van der Waals surface area (Å²) >= 11 is 5.43. The molecule has 0 unspecified atom stereocenters. The number of carbonyl (C=O) groups excluding carboxylic acids is 2. The minimum atomic E-state index is -0.475. The van der Waals surface area contributed by atoms with E-state index < -0.39 is 5.97 Å². The number of benzene rings is 1. The van der Waals surface area contributed by atoms with Crippen LogP contribution < -0.4 is 5.32 Å². The van der Waals surface area contributed by atoms with Gasteiger partial charge in [-0.15, -0.1) is 34.9 Å². The largest absolute Gasteiger partial charge is 0.452 e. The van der Waals surface area contributed by atoms with Crippen LogP contribution in [0.4, 0.5) is 0 Å². The lowest BCUT2D eigenvalue weighted by Crippen LogP contribution is -2.30. The topological polar surface area (TPSA) is 55.4 Å². The third kappa shape index (κ3) is 5.03. The number of amides is 1. The predicted octanol–water partition coefficient (Wildman–Crippen LogP) is 4.26. The average molecular weight is 394 g/mol. The predicted molar refractivity (Wildman–Crippen MR) is 105 cm³/mol. The second-order valence-electron chi connectivity index (χ2n) is 5.58. The molecule has 1 fully saturated rings. The van der Waals surface area contributed by atoms with Crippen LogP contribution in [0.5, 0.6) is 0 Å². The first kappa shape index (κ1) is 18.4. The van der Waals surface area contributed by atoms with Crippen molar-refractivity contribution in [2.45, 2.75) is 17.5 Å². The van der Waals surface area contributed by atoms with E-state index in [9.17, 15) is 9.59 Å². The van der Waals surface area contributed by atoms with E-state index >= 15 is 0 Å². The zero-order chi connectivity index (χ0) is 17.6. The summed E-state index contributed by atoms with van der Waals surface area (Å²) in [5.41, 5.74) is 1.68. The van der Waals surface area contributed by atoms with Gasteiger partial charge in [-0.05, 0) is 36.1 Å². The third-order valence-corrected chi connectivity index (χ3v) is 7.88. The number of carbonyl (C=O) groups is 2. The molecule has 25 heavy (non-hydrogen) atoms. The van der Waals surface area contributed by atoms with Crippen LogP contribution >= 0.6 is 34.9 Å². The summed E-state index contributed by atoms with van der Waals surface area (Å²) in [6.45, 7) is 1.63. The number of hydrogen-bond donors (Lipinski definition) is 1. The van der Waals surface area contributed by atoms with Crippen molar-refractivity contribution in [3.05, 3.63) is 57.8 Å². The van der Waals surface area contributed by atoms with Crippen LogP contribution in [0.3, 0.4) is 0 Å². The van der Waals surface area contributed by atoms with Gasteiger partial charge in [0.25, 0.3) is 5.91 Å². The van der Waals surface area contributed by atoms with Gasteiger partial charge in [0.1, 0.15) is 0 Å². The summed E-state index contributed by atoms with van der Waals surface area (Å²) in [5, 5.41) is 4.79. The van der Waals surface area contributed by atoms with Crippen molar-refractivity contribution in [3.63, 3.8) is 0 Å². The van der Waals surface area contributed by atoms with E-state index in [4.69, 9.17) is 4.74 Å². The highest BCUT2D eigenvalue weighted by molar-refractivity contribution is 8.19. The Morgan fingerprint density at radius 1 is 1.20 bits per heavy atom. The maximum absolute atomic E-state index is 12.1. The maximum atomic E-state index is 12.1. The Kier molecular flexibility index (Phi) is 6.45. The molecular weight excluding hydrogens is 374 g/mol. The highest BCUT2D eigenvalue weighted by Crippen LogP contribution is 2.45. The van der Waals surface area contributed by atoms with Crippen molar-refractivity contribution in [2.75, 3.05) is 18.1 Å². The molecule has 0 bridgehead atoms. The second-order valence-corrected chi connectivity index (χ2v) is 9.28. The van der Waals surface area contributed by atoms with Gasteiger partial charge >= 0.3 is 5.97 Å². The van der Waals surface area contributed by atoms with Crippen LogP contribution in [0.1, 0.15) is 38.3 Å². The molecule has 1 saturated heterocycles. The van der Waals surface area contributed by atoms with Crippen molar-refractivity contribution in [2.24, 2.45) is 0 Å². The second kappa shape index (κ2) is 8.78. The number of thiophene rings is 1. The fourth-order valence-corrected chi connectivity index (χ4v) is 6.03. The number of ether oxygens (including phenoxy) is 1. The smallest absolute Gasteiger partial charge is 0.338 e. The number of hydrogen-bond acceptors (Lipinski definition) is 6. The number of rotatable bonds is 6. The van der Waals surface area contributed by atoms with Crippen molar-refractivity contribution in [1.29, 1.82) is 0 Å². The Morgan fingerprint density at radius 2 is 1.92 bits per heavy atom. The minimum absolute atomic E-state index is 0.0908. The number of esters is 1. The first-order valence-electron chi connectivity index (χ1n) is 7.96. The minimum Gasteiger partial charge on any atom is -0.452 e. The quantitative estimate of drug-likeness (QED) is 0.743. The molecule has 1 N–H and O–H groups in total. The third-order valence-electron chi connectivity index (χ3n) is 3.72. The molecule has 1 atom stereocenters. The monoisotopic (exact) mass is 393 g/mol. The lowest BCUT2D eigenvalue weighted by Gasteiger charge is -2.12. The Morgan fingerprint density at radius 3 is 2.56 bits per heavy atom. The molecule has 1 amide bonds. The summed E-state index contributed by atoms with van der Waals surface area (Å²) < 4.78 is 5.57. The SMILES string of the molecule is C[C@@H](NC(=O)COC(=O)c1ccc(C2SCCS2)cc1)c1cccs1. The van der Waals surface area contributed by atoms with Gasteiger partial charge in [0.15, 0.2) is 6.61 Å². The molecule has 0 saturated carbocycles. The van der Waals surface area contributed by atoms with Gasteiger partial charge in [-0.3, -0.25) is 4.79 Å². The van der Waals surface area contributed by atoms with Gasteiger partial charge < -0.3 is 10.1 Å². The average Bonchev–Trinajstić information content (AvgIpc) is 3.33. The van der Waals surface area contributed by atoms with Crippen LogP contribution in [0.2, 0.25) is 0 Å². The molecule has 1 aliphatic rings. The molecule has 1 aliphatic heterocycles. The molecule has 1 aromatic heterocycles. The highest BCUT2D eigenvalue weighted by Gasteiger charge is 2.19. The van der Waals surface area contributed by atoms with E-state index in [1.54, 1.807) is 23.5 Å². The van der Waals surface area contributed by atoms with Gasteiger partial charge in [0.05, 0.1) is 16.2 Å². The zero-order valence-corrected chi connectivity index (χ0v) is 16.2. The Hall–Kier alpha value is -1.44. The zero-order valence-electron chi connectivity index (χ0n) is 13.8. The van der Waals surface area contributed by atoms with Gasteiger partial charge in [-0.1, -0.05) is 18.2 Å². The van der Waals surface area contributed by atoms with Crippen molar-refractivity contribution in [3.8, 4) is 0 Å². The number of thioether (sulfide) groups is 2. The molecule has 0 radical (unpaired) electrons. The van der Waals surface area contributed by atoms with E-state index in [1.807, 2.05) is 60.1 Å². The summed E-state index contributed by atoms with van der Waals surface area (Å²) in [7, 11) is 0. The van der Waals surface area contributed by atoms with E-state index in [0.29, 0.717) is 10.1 Å². The fourth-order valence-electron chi connectivity index (χ4n) is 2.43. The summed E-state index contributed by atoms with van der Waals surface area (Å²) in [5.74, 6) is 1.55. The van der Waals surface area contributed by atoms with Crippen molar-refractivity contribution >= 4 is 46.7 Å². The lowest BCUT2D eigenvalue weighted by atomic mass is 10.1. The van der Waals surface area contributed by atoms with E-state index in [2.05, 4.69) is 5.32 Å². The van der Waals surface area contributed by atoms with Gasteiger partial charge in [-0.25, -0.2) is 4.79 Å². The molecule has 1 aromatic carbocycles. The Labute approximate surface area is 159 Å². The summed E-state index contributed by atoms with van der Waals surface area (Å²) in [6, 6.07) is 11.3. The molecule has 132 valence electrons. The molecule has 7 heteroatoms. The summed E-state index contributed by atoms with van der Waals surface area (Å²) in [6.07, 6.45) is 0. The highest BCUT2D eigenvalue weighted by atomic mass is 32.2. The molecule has 2 heterocycles. The molecule has 0 aliphatic carbocycles. The summed E-state index contributed by atoms with van der Waals surface area (Å²) in [4.78, 5) is 25.1. The fraction of sp³-hybridized carbons (Fsp3) is 0.333. The molecule has 3 rings (SSSR count). The standard InChI is InChI=1S/C18H19NO3S3/c1-12(15-3-2-8-23-15)19-16(20)11-22-17(21)13-4-6-14(7-5-13)18-24-9-10-25-18/h2-8,12,18H,9-11H2,1H3,(H,19,20)/t12-/m1/s1. The number of nitrogens with one attached hydrogen (secondary N) is 1. The molecule has 2 aromatic rings. The molecular formula is C18H19NO3S3. The van der Waals surface area contributed by atoms with Crippen molar-refractivity contribution < 1.29 is 14.3 Å². The van der Waals surface area contributed by atoms with Crippen LogP contribution in [-0.2, 0) is 9.53 Å². The van der Waals surface area contributed by atoms with E-state index in [0.717, 1.165) is 16.4 Å². The van der Waals surface area contributed by atoms with Crippen LogP contribution in [0, 0.1) is 0 Å². The van der Waals surface area contributed by atoms with Gasteiger partial charge in [-0.2, -0.15) is 0 Å². The van der Waals surface area contributed by atoms with Crippen LogP contribution in [-0.4, -0.2) is 30.0 Å². The maximum Gasteiger partial charge on any atom is 0.338 e. The Balaban J connectivity index is 1.47. The van der Waals surface area contributed by atoms with E-state index in [-0.39, 0.29) is 18.6 Å². The normalized spacial score (nSPS) is 15.7. The molecule has 0 spiro atoms. The first-order valence-corrected chi connectivity index (χ1v) is 10.9. The van der Waals surface area contributed by atoms with Crippen LogP contribution in [0.25, 0.3) is 0 Å². The van der Waals surface area contributed by atoms with Gasteiger partial charge in [0, 0.05) is 16.4 Å². The molecule has 4 nitrogen and oxygen atoms in total. The van der Waals surface area contributed by atoms with Gasteiger partial charge in [0.2, 0.25) is 0 Å². The first-order chi connectivity index (χ1) is 12.1. The van der Waals surface area contributed by atoms with E-state index in [1.165, 1.54) is 5.56 Å². The van der Waals surface area contributed by atoms with Crippen LogP contribution in [0.15, 0.2) is 41.8 Å². The lowest BCUT2D eigenvalue weighted by molar-refractivity contribution is -0.124. The Bertz CT molecular complexity index is 710.